The second-order valence-electron chi connectivity index (χ2n) is 4.15. The van der Waals surface area contributed by atoms with Crippen LogP contribution in [0.2, 0.25) is 0 Å². The van der Waals surface area contributed by atoms with Gasteiger partial charge in [0.1, 0.15) is 0 Å². The number of halogens is 1. The van der Waals surface area contributed by atoms with Crippen LogP contribution in [0, 0.1) is 6.92 Å². The molecule has 0 spiro atoms. The molecule has 1 atom stereocenters. The summed E-state index contributed by atoms with van der Waals surface area (Å²) in [5, 5.41) is 11.7. The van der Waals surface area contributed by atoms with Gasteiger partial charge in [0, 0.05) is 10.5 Å². The SMILES string of the molecule is CC[C@H](CO)NC(=O)/C=C/c1ccc(C)cc1Br. The Hall–Kier alpha value is -1.13. The fourth-order valence-electron chi connectivity index (χ4n) is 1.46. The van der Waals surface area contributed by atoms with Crippen LogP contribution in [-0.2, 0) is 4.79 Å². The van der Waals surface area contributed by atoms with Crippen molar-refractivity contribution in [2.45, 2.75) is 26.3 Å². The summed E-state index contributed by atoms with van der Waals surface area (Å²) >= 11 is 3.45. The molecule has 0 bridgehead atoms. The van der Waals surface area contributed by atoms with E-state index in [1.54, 1.807) is 6.08 Å². The number of hydrogen-bond donors (Lipinski definition) is 2. The second-order valence-corrected chi connectivity index (χ2v) is 5.01. The van der Waals surface area contributed by atoms with Gasteiger partial charge < -0.3 is 10.4 Å². The topological polar surface area (TPSA) is 49.3 Å². The number of nitrogens with one attached hydrogen (secondary N) is 1. The molecule has 1 aromatic carbocycles. The molecule has 98 valence electrons. The minimum absolute atomic E-state index is 0.0374. The number of rotatable bonds is 5. The van der Waals surface area contributed by atoms with Crippen molar-refractivity contribution in [3.05, 3.63) is 39.9 Å². The lowest BCUT2D eigenvalue weighted by atomic mass is 10.1. The van der Waals surface area contributed by atoms with Crippen molar-refractivity contribution < 1.29 is 9.90 Å². The van der Waals surface area contributed by atoms with Gasteiger partial charge in [0.05, 0.1) is 12.6 Å². The first kappa shape index (κ1) is 14.9. The number of benzene rings is 1. The minimum atomic E-state index is -0.191. The van der Waals surface area contributed by atoms with Gasteiger partial charge in [0.2, 0.25) is 5.91 Å². The van der Waals surface area contributed by atoms with Crippen LogP contribution < -0.4 is 5.32 Å². The molecular formula is C14H18BrNO2. The van der Waals surface area contributed by atoms with E-state index in [9.17, 15) is 4.79 Å². The Morgan fingerprint density at radius 2 is 2.28 bits per heavy atom. The van der Waals surface area contributed by atoms with E-state index in [1.807, 2.05) is 32.0 Å². The zero-order chi connectivity index (χ0) is 13.5. The van der Waals surface area contributed by atoms with E-state index in [0.29, 0.717) is 6.42 Å². The molecule has 0 aromatic heterocycles. The number of carbonyl (C=O) groups is 1. The lowest BCUT2D eigenvalue weighted by Crippen LogP contribution is -2.35. The highest BCUT2D eigenvalue weighted by atomic mass is 79.9. The highest BCUT2D eigenvalue weighted by Crippen LogP contribution is 2.19. The normalized spacial score (nSPS) is 12.7. The largest absolute Gasteiger partial charge is 0.394 e. The van der Waals surface area contributed by atoms with Crippen LogP contribution in [0.1, 0.15) is 24.5 Å². The van der Waals surface area contributed by atoms with E-state index < -0.39 is 0 Å². The molecule has 2 N–H and O–H groups in total. The summed E-state index contributed by atoms with van der Waals surface area (Å²) < 4.78 is 0.959. The first-order valence-corrected chi connectivity index (χ1v) is 6.71. The molecule has 0 aliphatic heterocycles. The molecule has 18 heavy (non-hydrogen) atoms. The van der Waals surface area contributed by atoms with Gasteiger partial charge in [-0.2, -0.15) is 0 Å². The molecule has 3 nitrogen and oxygen atoms in total. The summed E-state index contributed by atoms with van der Waals surface area (Å²) in [4.78, 5) is 11.6. The predicted octanol–water partition coefficient (Wildman–Crippen LogP) is 2.66. The first-order valence-electron chi connectivity index (χ1n) is 5.92. The molecule has 1 amide bonds. The van der Waals surface area contributed by atoms with Crippen LogP contribution in [0.4, 0.5) is 0 Å². The monoisotopic (exact) mass is 311 g/mol. The van der Waals surface area contributed by atoms with Crippen molar-refractivity contribution in [1.29, 1.82) is 0 Å². The standard InChI is InChI=1S/C14H18BrNO2/c1-3-12(9-17)16-14(18)7-6-11-5-4-10(2)8-13(11)15/h4-8,12,17H,3,9H2,1-2H3,(H,16,18)/b7-6+/t12-/m1/s1. The van der Waals surface area contributed by atoms with Gasteiger partial charge in [-0.1, -0.05) is 35.0 Å². The van der Waals surface area contributed by atoms with Gasteiger partial charge >= 0.3 is 0 Å². The molecule has 0 heterocycles. The smallest absolute Gasteiger partial charge is 0.244 e. The maximum atomic E-state index is 11.6. The number of aliphatic hydroxyl groups is 1. The number of carbonyl (C=O) groups excluding carboxylic acids is 1. The average Bonchev–Trinajstić information content (AvgIpc) is 2.35. The van der Waals surface area contributed by atoms with E-state index in [0.717, 1.165) is 15.6 Å². The Morgan fingerprint density at radius 3 is 2.83 bits per heavy atom. The number of aliphatic hydroxyl groups excluding tert-OH is 1. The van der Waals surface area contributed by atoms with Crippen molar-refractivity contribution in [2.75, 3.05) is 6.61 Å². The summed E-state index contributed by atoms with van der Waals surface area (Å²) in [6.07, 6.45) is 3.95. The molecule has 0 aliphatic rings. The Balaban J connectivity index is 2.66. The highest BCUT2D eigenvalue weighted by molar-refractivity contribution is 9.10. The van der Waals surface area contributed by atoms with Crippen LogP contribution in [0.25, 0.3) is 6.08 Å². The third kappa shape index (κ3) is 4.63. The summed E-state index contributed by atoms with van der Waals surface area (Å²) in [5.41, 5.74) is 2.11. The van der Waals surface area contributed by atoms with Crippen molar-refractivity contribution in [3.63, 3.8) is 0 Å². The Bertz CT molecular complexity index is 439. The van der Waals surface area contributed by atoms with E-state index in [2.05, 4.69) is 21.2 Å². The molecule has 0 fully saturated rings. The molecule has 0 saturated heterocycles. The van der Waals surface area contributed by atoms with Gasteiger partial charge in [0.15, 0.2) is 0 Å². The van der Waals surface area contributed by atoms with Crippen LogP contribution in [0.3, 0.4) is 0 Å². The van der Waals surface area contributed by atoms with Gasteiger partial charge in [-0.25, -0.2) is 0 Å². The zero-order valence-corrected chi connectivity index (χ0v) is 12.2. The number of hydrogen-bond acceptors (Lipinski definition) is 2. The van der Waals surface area contributed by atoms with Crippen LogP contribution in [-0.4, -0.2) is 23.7 Å². The summed E-state index contributed by atoms with van der Waals surface area (Å²) in [6, 6.07) is 5.76. The predicted molar refractivity (Wildman–Crippen MR) is 77.2 cm³/mol. The van der Waals surface area contributed by atoms with Crippen molar-refractivity contribution in [3.8, 4) is 0 Å². The van der Waals surface area contributed by atoms with Crippen LogP contribution in [0.5, 0.6) is 0 Å². The van der Waals surface area contributed by atoms with E-state index in [1.165, 1.54) is 6.08 Å². The average molecular weight is 312 g/mol. The van der Waals surface area contributed by atoms with Crippen molar-refractivity contribution in [2.24, 2.45) is 0 Å². The highest BCUT2D eigenvalue weighted by Gasteiger charge is 2.06. The lowest BCUT2D eigenvalue weighted by Gasteiger charge is -2.11. The molecule has 1 rings (SSSR count). The molecule has 1 aromatic rings. The quantitative estimate of drug-likeness (QED) is 0.821. The molecule has 4 heteroatoms. The zero-order valence-electron chi connectivity index (χ0n) is 10.6. The summed E-state index contributed by atoms with van der Waals surface area (Å²) in [6.45, 7) is 3.89. The molecular weight excluding hydrogens is 294 g/mol. The van der Waals surface area contributed by atoms with Crippen LogP contribution >= 0.6 is 15.9 Å². The molecule has 0 aliphatic carbocycles. The van der Waals surface area contributed by atoms with E-state index in [4.69, 9.17) is 5.11 Å². The number of aryl methyl sites for hydroxylation is 1. The molecule has 0 unspecified atom stereocenters. The third-order valence-corrected chi connectivity index (χ3v) is 3.32. The molecule has 0 radical (unpaired) electrons. The maximum Gasteiger partial charge on any atom is 0.244 e. The van der Waals surface area contributed by atoms with E-state index >= 15 is 0 Å². The number of amides is 1. The second kappa shape index (κ2) is 7.34. The fourth-order valence-corrected chi connectivity index (χ4v) is 2.08. The minimum Gasteiger partial charge on any atom is -0.394 e. The Morgan fingerprint density at radius 1 is 1.56 bits per heavy atom. The van der Waals surface area contributed by atoms with Gasteiger partial charge in [-0.05, 0) is 36.6 Å². The van der Waals surface area contributed by atoms with Crippen molar-refractivity contribution >= 4 is 27.9 Å². The molecule has 0 saturated carbocycles. The lowest BCUT2D eigenvalue weighted by molar-refractivity contribution is -0.117. The first-order chi connectivity index (χ1) is 8.56. The fraction of sp³-hybridized carbons (Fsp3) is 0.357. The maximum absolute atomic E-state index is 11.6. The summed E-state index contributed by atoms with van der Waals surface area (Å²) in [7, 11) is 0. The van der Waals surface area contributed by atoms with Gasteiger partial charge in [-0.3, -0.25) is 4.79 Å². The summed E-state index contributed by atoms with van der Waals surface area (Å²) in [5.74, 6) is -0.191. The Labute approximate surface area is 116 Å². The Kier molecular flexibility index (Phi) is 6.09. The van der Waals surface area contributed by atoms with Crippen molar-refractivity contribution in [1.82, 2.24) is 5.32 Å². The van der Waals surface area contributed by atoms with Gasteiger partial charge in [-0.15, -0.1) is 0 Å². The van der Waals surface area contributed by atoms with E-state index in [-0.39, 0.29) is 18.6 Å². The van der Waals surface area contributed by atoms with Gasteiger partial charge in [0.25, 0.3) is 0 Å². The third-order valence-electron chi connectivity index (χ3n) is 2.63. The van der Waals surface area contributed by atoms with Crippen LogP contribution in [0.15, 0.2) is 28.7 Å².